The van der Waals surface area contributed by atoms with E-state index in [-0.39, 0.29) is 36.4 Å². The van der Waals surface area contributed by atoms with Crippen molar-refractivity contribution in [3.63, 3.8) is 0 Å². The van der Waals surface area contributed by atoms with Gasteiger partial charge in [-0.25, -0.2) is 23.4 Å². The van der Waals surface area contributed by atoms with Crippen molar-refractivity contribution in [2.24, 2.45) is 0 Å². The molecule has 3 aromatic carbocycles. The van der Waals surface area contributed by atoms with Gasteiger partial charge in [0.25, 0.3) is 11.5 Å². The van der Waals surface area contributed by atoms with E-state index in [4.69, 9.17) is 10.5 Å². The highest BCUT2D eigenvalue weighted by atomic mass is 32.1. The Morgan fingerprint density at radius 1 is 1.08 bits per heavy atom. The van der Waals surface area contributed by atoms with Crippen molar-refractivity contribution in [1.29, 1.82) is 0 Å². The number of nitrogens with one attached hydrogen (secondary N) is 2. The van der Waals surface area contributed by atoms with Gasteiger partial charge in [-0.3, -0.25) is 14.2 Å². The number of hydrogen-bond acceptors (Lipinski definition) is 10. The average Bonchev–Trinajstić information content (AvgIpc) is 3.83. The normalized spacial score (nSPS) is 18.3. The molecule has 2 aliphatic rings. The maximum atomic E-state index is 14.9. The van der Waals surface area contributed by atoms with E-state index in [9.17, 15) is 23.5 Å². The predicted octanol–water partition coefficient (Wildman–Crippen LogP) is 2.79. The summed E-state index contributed by atoms with van der Waals surface area (Å²) < 4.78 is 37.5. The summed E-state index contributed by atoms with van der Waals surface area (Å²) in [6, 6.07) is 20.1. The summed E-state index contributed by atoms with van der Waals surface area (Å²) in [4.78, 5) is 39.3. The highest BCUT2D eigenvalue weighted by molar-refractivity contribution is 7.20. The van der Waals surface area contributed by atoms with Gasteiger partial charge in [0.2, 0.25) is 0 Å². The number of halogens is 2. The molecule has 3 aromatic heterocycles. The summed E-state index contributed by atoms with van der Waals surface area (Å²) in [6.07, 6.45) is 3.96. The third-order valence-corrected chi connectivity index (χ3v) is 10.8. The van der Waals surface area contributed by atoms with Crippen molar-refractivity contribution in [3.05, 3.63) is 118 Å². The van der Waals surface area contributed by atoms with Crippen molar-refractivity contribution < 1.29 is 28.3 Å². The van der Waals surface area contributed by atoms with E-state index in [1.54, 1.807) is 12.1 Å². The number of hydrogen-bond donors (Lipinski definition) is 4. The molecule has 13 nitrogen and oxygen atoms in total. The minimum Gasteiger partial charge on any atom is -0.490 e. The first-order valence-electron chi connectivity index (χ1n) is 17.2. The van der Waals surface area contributed by atoms with Gasteiger partial charge < -0.3 is 30.7 Å². The Labute approximate surface area is 305 Å². The van der Waals surface area contributed by atoms with Crippen LogP contribution in [-0.2, 0) is 12.1 Å². The lowest BCUT2D eigenvalue weighted by atomic mass is 9.91. The van der Waals surface area contributed by atoms with E-state index in [1.807, 2.05) is 42.5 Å². The first-order chi connectivity index (χ1) is 25.6. The van der Waals surface area contributed by atoms with E-state index >= 15 is 0 Å². The number of nitrogens with two attached hydrogens (primary N) is 1. The zero-order chi connectivity index (χ0) is 36.7. The standard InChI is InChI=1S/C37H35F2N9O4S/c38-23-6-8-27(28(39)16-23)37(51,20-46-22-41-21-42-46)19-45-12-10-24(11-13-45)43-34(49)32-18-30-35(53-32)44-33(40)36(50)48(30)26-7-9-31-29(17-26)47(14-15-52-31)25-4-2-1-3-5-25/h1-9,16-18,21-22,24,51H,10-15,19-20H2,(H2,40,44)(H,43,49)/p+1/t37-/m1/s1. The molecule has 0 spiro atoms. The fraction of sp³-hybridized carbons (Fsp3) is 0.270. The summed E-state index contributed by atoms with van der Waals surface area (Å²) in [5.74, 6) is -1.36. The number of para-hydroxylation sites is 1. The number of anilines is 3. The topological polar surface area (TPSA) is 158 Å². The Kier molecular flexibility index (Phi) is 9.10. The van der Waals surface area contributed by atoms with E-state index in [1.165, 1.54) is 28.0 Å². The SMILES string of the molecule is Nc1nc2sc(C(=O)NC3CC[NH+](C[C@@](O)(Cn4cncn4)c4ccc(F)cc4F)CC3)cc2n(-c2ccc3c(c2)N(c2ccccc2)CCO3)c1=O. The smallest absolute Gasteiger partial charge is 0.298 e. The lowest BCUT2D eigenvalue weighted by molar-refractivity contribution is -0.912. The van der Waals surface area contributed by atoms with Gasteiger partial charge in [-0.1, -0.05) is 18.2 Å². The molecule has 0 bridgehead atoms. The Morgan fingerprint density at radius 2 is 1.89 bits per heavy atom. The number of quaternary nitrogens is 1. The van der Waals surface area contributed by atoms with E-state index in [0.717, 1.165) is 39.7 Å². The van der Waals surface area contributed by atoms with Crippen LogP contribution in [0.25, 0.3) is 16.0 Å². The monoisotopic (exact) mass is 740 g/mol. The maximum Gasteiger partial charge on any atom is 0.298 e. The molecule has 0 saturated carbocycles. The molecule has 1 saturated heterocycles. The number of aliphatic hydroxyl groups is 1. The van der Waals surface area contributed by atoms with Crippen LogP contribution in [-0.4, -0.2) is 74.2 Å². The number of ether oxygens (including phenoxy) is 1. The number of nitrogens with zero attached hydrogens (tertiary/aromatic N) is 6. The van der Waals surface area contributed by atoms with Gasteiger partial charge in [0, 0.05) is 36.2 Å². The first kappa shape index (κ1) is 34.4. The van der Waals surface area contributed by atoms with Gasteiger partial charge in [-0.15, -0.1) is 11.3 Å². The fourth-order valence-electron chi connectivity index (χ4n) is 7.29. The number of nitrogen functional groups attached to an aromatic ring is 1. The number of aromatic nitrogens is 5. The minimum absolute atomic E-state index is 0.0212. The molecule has 6 aromatic rings. The maximum absolute atomic E-state index is 14.9. The first-order valence-corrected chi connectivity index (χ1v) is 18.0. The van der Waals surface area contributed by atoms with Crippen LogP contribution < -0.4 is 31.1 Å². The van der Waals surface area contributed by atoms with Crippen molar-refractivity contribution in [3.8, 4) is 11.4 Å². The molecular formula is C37H36F2N9O4S+. The summed E-state index contributed by atoms with van der Waals surface area (Å²) in [5.41, 5.74) is 6.73. The quantitative estimate of drug-likeness (QED) is 0.175. The number of piperidine rings is 1. The molecule has 1 atom stereocenters. The third kappa shape index (κ3) is 6.83. The minimum atomic E-state index is -1.69. The Hall–Kier alpha value is -5.71. The van der Waals surface area contributed by atoms with E-state index in [0.29, 0.717) is 65.7 Å². The average molecular weight is 741 g/mol. The van der Waals surface area contributed by atoms with Crippen molar-refractivity contribution in [2.45, 2.75) is 31.0 Å². The van der Waals surface area contributed by atoms with Crippen molar-refractivity contribution in [2.75, 3.05) is 43.4 Å². The van der Waals surface area contributed by atoms with Crippen molar-refractivity contribution >= 4 is 44.8 Å². The van der Waals surface area contributed by atoms with Gasteiger partial charge in [-0.2, -0.15) is 5.10 Å². The molecule has 5 N–H and O–H groups in total. The zero-order valence-electron chi connectivity index (χ0n) is 28.4. The zero-order valence-corrected chi connectivity index (χ0v) is 29.2. The number of carbonyl (C=O) groups excluding carboxylic acids is 1. The molecule has 1 fully saturated rings. The number of fused-ring (bicyclic) bond motifs is 2. The lowest BCUT2D eigenvalue weighted by Crippen LogP contribution is -3.15. The van der Waals surface area contributed by atoms with Gasteiger partial charge >= 0.3 is 0 Å². The summed E-state index contributed by atoms with van der Waals surface area (Å²) in [5, 5.41) is 19.0. The molecular weight excluding hydrogens is 705 g/mol. The Balaban J connectivity index is 0.993. The molecule has 1 amide bonds. The van der Waals surface area contributed by atoms with Gasteiger partial charge in [0.1, 0.15) is 48.0 Å². The van der Waals surface area contributed by atoms with Crippen molar-refractivity contribution in [1.82, 2.24) is 29.6 Å². The lowest BCUT2D eigenvalue weighted by Gasteiger charge is -2.36. The van der Waals surface area contributed by atoms with Crippen LogP contribution in [0.3, 0.4) is 0 Å². The van der Waals surface area contributed by atoms with Gasteiger partial charge in [0.05, 0.1) is 47.9 Å². The molecule has 0 unspecified atom stereocenters. The number of benzene rings is 3. The number of likely N-dealkylation sites (tertiary alicyclic amines) is 1. The van der Waals surface area contributed by atoms with Crippen LogP contribution >= 0.6 is 11.3 Å². The number of carbonyl (C=O) groups is 1. The molecule has 0 aliphatic carbocycles. The largest absolute Gasteiger partial charge is 0.490 e. The third-order valence-electron chi connectivity index (χ3n) is 9.83. The molecule has 8 rings (SSSR count). The van der Waals surface area contributed by atoms with Crippen LogP contribution in [0.15, 0.2) is 90.2 Å². The van der Waals surface area contributed by atoms with Crippen LogP contribution in [0.5, 0.6) is 5.75 Å². The summed E-state index contributed by atoms with van der Waals surface area (Å²) in [7, 11) is 0. The fourth-order valence-corrected chi connectivity index (χ4v) is 8.21. The summed E-state index contributed by atoms with van der Waals surface area (Å²) >= 11 is 1.15. The second-order valence-corrected chi connectivity index (χ2v) is 14.4. The van der Waals surface area contributed by atoms with Crippen LogP contribution in [0.4, 0.5) is 26.0 Å². The second kappa shape index (κ2) is 14.0. The molecule has 0 radical (unpaired) electrons. The Bertz CT molecular complexity index is 2350. The predicted molar refractivity (Wildman–Crippen MR) is 195 cm³/mol. The second-order valence-electron chi connectivity index (χ2n) is 13.3. The van der Waals surface area contributed by atoms with Crippen LogP contribution in [0, 0.1) is 11.6 Å². The molecule has 53 heavy (non-hydrogen) atoms. The molecule has 5 heterocycles. The van der Waals surface area contributed by atoms with E-state index in [2.05, 4.69) is 25.3 Å². The highest BCUT2D eigenvalue weighted by Crippen LogP contribution is 2.38. The highest BCUT2D eigenvalue weighted by Gasteiger charge is 2.39. The Morgan fingerprint density at radius 3 is 2.64 bits per heavy atom. The number of thiophene rings is 1. The molecule has 16 heteroatoms. The summed E-state index contributed by atoms with van der Waals surface area (Å²) in [6.45, 7) is 2.37. The number of rotatable bonds is 9. The van der Waals surface area contributed by atoms with E-state index < -0.39 is 22.8 Å². The number of amides is 1. The molecule has 272 valence electrons. The van der Waals surface area contributed by atoms with Gasteiger partial charge in [-0.05, 0) is 48.5 Å². The van der Waals surface area contributed by atoms with Gasteiger partial charge in [0.15, 0.2) is 11.4 Å². The molecule has 2 aliphatic heterocycles. The van der Waals surface area contributed by atoms with Crippen LogP contribution in [0.2, 0.25) is 0 Å². The van der Waals surface area contributed by atoms with Crippen LogP contribution in [0.1, 0.15) is 28.1 Å².